The van der Waals surface area contributed by atoms with Gasteiger partial charge in [-0.3, -0.25) is 0 Å². The van der Waals surface area contributed by atoms with E-state index in [0.717, 1.165) is 6.07 Å². The molecule has 0 saturated carbocycles. The fraction of sp³-hybridized carbons (Fsp3) is 0.556. The van der Waals surface area contributed by atoms with Gasteiger partial charge in [0.15, 0.2) is 6.61 Å². The number of ether oxygens (including phenoxy) is 3. The molecular formula is C18H24ClNO7S. The highest BCUT2D eigenvalue weighted by Gasteiger charge is 2.34. The van der Waals surface area contributed by atoms with Crippen molar-refractivity contribution in [1.29, 1.82) is 0 Å². The molecule has 2 unspecified atom stereocenters. The highest BCUT2D eigenvalue weighted by atomic mass is 35.5. The highest BCUT2D eigenvalue weighted by Crippen LogP contribution is 2.28. The van der Waals surface area contributed by atoms with E-state index in [4.69, 9.17) is 25.8 Å². The zero-order valence-corrected chi connectivity index (χ0v) is 17.7. The molecule has 10 heteroatoms. The van der Waals surface area contributed by atoms with Gasteiger partial charge in [0.1, 0.15) is 4.90 Å². The number of benzene rings is 1. The van der Waals surface area contributed by atoms with Gasteiger partial charge >= 0.3 is 11.9 Å². The summed E-state index contributed by atoms with van der Waals surface area (Å²) in [5.41, 5.74) is -0.0327. The van der Waals surface area contributed by atoms with Crippen molar-refractivity contribution in [2.75, 3.05) is 19.7 Å². The second-order valence-electron chi connectivity index (χ2n) is 6.84. The zero-order valence-electron chi connectivity index (χ0n) is 16.2. The summed E-state index contributed by atoms with van der Waals surface area (Å²) in [4.78, 5) is 23.5. The van der Waals surface area contributed by atoms with E-state index in [1.54, 1.807) is 27.7 Å². The topological polar surface area (TPSA) is 99.2 Å². The van der Waals surface area contributed by atoms with E-state index in [-0.39, 0.29) is 46.9 Å². The first-order valence-electron chi connectivity index (χ1n) is 8.82. The first-order chi connectivity index (χ1) is 13.0. The molecule has 1 fully saturated rings. The van der Waals surface area contributed by atoms with E-state index in [1.165, 1.54) is 16.4 Å². The molecule has 0 N–H and O–H groups in total. The third-order valence-electron chi connectivity index (χ3n) is 3.86. The Morgan fingerprint density at radius 1 is 1.25 bits per heavy atom. The number of hydrogen-bond donors (Lipinski definition) is 0. The molecule has 1 aromatic rings. The number of sulfonamides is 1. The van der Waals surface area contributed by atoms with Gasteiger partial charge in [-0.05, 0) is 45.9 Å². The lowest BCUT2D eigenvalue weighted by Crippen LogP contribution is -2.48. The average Bonchev–Trinajstić information content (AvgIpc) is 2.58. The van der Waals surface area contributed by atoms with Crippen LogP contribution in [0, 0.1) is 0 Å². The van der Waals surface area contributed by atoms with Crippen LogP contribution in [-0.4, -0.2) is 62.7 Å². The molecule has 2 atom stereocenters. The molecule has 2 rings (SSSR count). The zero-order chi connectivity index (χ0) is 21.1. The van der Waals surface area contributed by atoms with Crippen LogP contribution in [0.15, 0.2) is 23.1 Å². The first kappa shape index (κ1) is 22.6. The van der Waals surface area contributed by atoms with Crippen LogP contribution < -0.4 is 0 Å². The maximum absolute atomic E-state index is 13.0. The lowest BCUT2D eigenvalue weighted by atomic mass is 10.2. The fourth-order valence-corrected chi connectivity index (χ4v) is 4.89. The lowest BCUT2D eigenvalue weighted by molar-refractivity contribution is -0.150. The number of halogens is 1. The number of hydrogen-bond acceptors (Lipinski definition) is 7. The van der Waals surface area contributed by atoms with E-state index in [0.29, 0.717) is 0 Å². The van der Waals surface area contributed by atoms with Crippen LogP contribution in [-0.2, 0) is 29.0 Å². The summed E-state index contributed by atoms with van der Waals surface area (Å²) in [7, 11) is -3.94. The van der Waals surface area contributed by atoms with Gasteiger partial charge in [-0.1, -0.05) is 11.6 Å². The Bertz CT molecular complexity index is 830. The van der Waals surface area contributed by atoms with Crippen molar-refractivity contribution in [2.24, 2.45) is 0 Å². The summed E-state index contributed by atoms with van der Waals surface area (Å²) in [6, 6.07) is 3.80. The number of rotatable bonds is 6. The smallest absolute Gasteiger partial charge is 0.344 e. The summed E-state index contributed by atoms with van der Waals surface area (Å²) in [6.07, 6.45) is -0.869. The summed E-state index contributed by atoms with van der Waals surface area (Å²) >= 11 is 6.10. The van der Waals surface area contributed by atoms with E-state index >= 15 is 0 Å². The predicted octanol–water partition coefficient (Wildman–Crippen LogP) is 2.25. The first-order valence-corrected chi connectivity index (χ1v) is 10.6. The van der Waals surface area contributed by atoms with Gasteiger partial charge in [-0.15, -0.1) is 0 Å². The molecule has 0 aromatic heterocycles. The van der Waals surface area contributed by atoms with Gasteiger partial charge in [0.05, 0.1) is 28.9 Å². The fourth-order valence-electron chi connectivity index (χ4n) is 2.80. The van der Waals surface area contributed by atoms with Crippen molar-refractivity contribution in [3.05, 3.63) is 28.8 Å². The van der Waals surface area contributed by atoms with E-state index in [9.17, 15) is 18.0 Å². The molecule has 1 saturated heterocycles. The maximum atomic E-state index is 13.0. The Morgan fingerprint density at radius 3 is 2.43 bits per heavy atom. The normalized spacial score (nSPS) is 20.8. The Kier molecular flexibility index (Phi) is 7.44. The molecule has 1 aliphatic rings. The predicted molar refractivity (Wildman–Crippen MR) is 102 cm³/mol. The Morgan fingerprint density at radius 2 is 1.86 bits per heavy atom. The van der Waals surface area contributed by atoms with Crippen molar-refractivity contribution in [3.63, 3.8) is 0 Å². The van der Waals surface area contributed by atoms with Crippen LogP contribution in [0.4, 0.5) is 0 Å². The quantitative estimate of drug-likeness (QED) is 0.634. The maximum Gasteiger partial charge on any atom is 0.344 e. The molecule has 0 amide bonds. The summed E-state index contributed by atoms with van der Waals surface area (Å²) in [5.74, 6) is -1.54. The van der Waals surface area contributed by atoms with Crippen LogP contribution in [0.3, 0.4) is 0 Å². The van der Waals surface area contributed by atoms with Gasteiger partial charge in [-0.2, -0.15) is 4.31 Å². The van der Waals surface area contributed by atoms with Gasteiger partial charge in [0.25, 0.3) is 0 Å². The summed E-state index contributed by atoms with van der Waals surface area (Å²) in [6.45, 7) is 6.69. The average molecular weight is 434 g/mol. The van der Waals surface area contributed by atoms with Crippen molar-refractivity contribution in [2.45, 2.75) is 50.9 Å². The van der Waals surface area contributed by atoms with Crippen molar-refractivity contribution in [1.82, 2.24) is 4.31 Å². The number of nitrogens with zero attached hydrogens (tertiary/aromatic N) is 1. The standard InChI is InChI=1S/C18H24ClNO7S/c1-11(2)26-17(21)10-25-18(22)14-5-6-15(19)16(7-14)28(23,24)20-8-12(3)27-13(4)9-20/h5-7,11-13H,8-10H2,1-4H3. The monoisotopic (exact) mass is 433 g/mol. The number of morpholine rings is 1. The molecule has 1 heterocycles. The minimum atomic E-state index is -3.94. The molecule has 156 valence electrons. The third kappa shape index (κ3) is 5.66. The van der Waals surface area contributed by atoms with Crippen LogP contribution in [0.5, 0.6) is 0 Å². The van der Waals surface area contributed by atoms with Gasteiger partial charge < -0.3 is 14.2 Å². The van der Waals surface area contributed by atoms with Crippen LogP contribution in [0.25, 0.3) is 0 Å². The Balaban J connectivity index is 2.20. The molecule has 0 spiro atoms. The minimum absolute atomic E-state index is 0.0115. The molecule has 1 aliphatic heterocycles. The van der Waals surface area contributed by atoms with Gasteiger partial charge in [-0.25, -0.2) is 18.0 Å². The van der Waals surface area contributed by atoms with Crippen LogP contribution >= 0.6 is 11.6 Å². The van der Waals surface area contributed by atoms with Crippen LogP contribution in [0.2, 0.25) is 5.02 Å². The number of esters is 2. The Hall–Kier alpha value is -1.68. The van der Waals surface area contributed by atoms with E-state index in [2.05, 4.69) is 0 Å². The second-order valence-corrected chi connectivity index (χ2v) is 9.15. The number of carbonyl (C=O) groups is 2. The van der Waals surface area contributed by atoms with Crippen molar-refractivity contribution >= 4 is 33.6 Å². The van der Waals surface area contributed by atoms with Gasteiger partial charge in [0, 0.05) is 13.1 Å². The Labute approximate surface area is 169 Å². The molecule has 1 aromatic carbocycles. The van der Waals surface area contributed by atoms with Crippen molar-refractivity contribution in [3.8, 4) is 0 Å². The van der Waals surface area contributed by atoms with Crippen LogP contribution in [0.1, 0.15) is 38.1 Å². The summed E-state index contributed by atoms with van der Waals surface area (Å²) < 4.78 is 42.7. The molecular weight excluding hydrogens is 410 g/mol. The second kappa shape index (κ2) is 9.21. The lowest BCUT2D eigenvalue weighted by Gasteiger charge is -2.34. The molecule has 0 bridgehead atoms. The third-order valence-corrected chi connectivity index (χ3v) is 6.17. The molecule has 28 heavy (non-hydrogen) atoms. The molecule has 0 radical (unpaired) electrons. The number of carbonyl (C=O) groups excluding carboxylic acids is 2. The van der Waals surface area contributed by atoms with Gasteiger partial charge in [0.2, 0.25) is 10.0 Å². The molecule has 0 aliphatic carbocycles. The highest BCUT2D eigenvalue weighted by molar-refractivity contribution is 7.89. The minimum Gasteiger partial charge on any atom is -0.460 e. The largest absolute Gasteiger partial charge is 0.460 e. The SMILES string of the molecule is CC(C)OC(=O)COC(=O)c1ccc(Cl)c(S(=O)(=O)N2CC(C)OC(C)C2)c1. The van der Waals surface area contributed by atoms with E-state index in [1.807, 2.05) is 0 Å². The van der Waals surface area contributed by atoms with Crippen molar-refractivity contribution < 1.29 is 32.2 Å². The van der Waals surface area contributed by atoms with E-state index < -0.39 is 28.6 Å². The summed E-state index contributed by atoms with van der Waals surface area (Å²) in [5, 5.41) is -0.0115. The molecule has 8 nitrogen and oxygen atoms in total.